The molecule has 0 fully saturated rings. The Morgan fingerprint density at radius 3 is 2.71 bits per heavy atom. The predicted molar refractivity (Wildman–Crippen MR) is 79.9 cm³/mol. The van der Waals surface area contributed by atoms with Gasteiger partial charge in [-0.05, 0) is 24.3 Å². The van der Waals surface area contributed by atoms with Crippen LogP contribution in [0.5, 0.6) is 5.88 Å². The summed E-state index contributed by atoms with van der Waals surface area (Å²) in [5.41, 5.74) is 1.69. The lowest BCUT2D eigenvalue weighted by Gasteiger charge is -2.08. The van der Waals surface area contributed by atoms with Gasteiger partial charge in [0.05, 0.1) is 18.7 Å². The Kier molecular flexibility index (Phi) is 3.69. The SMILES string of the molecule is COc1ccc2nc(CCl)n(-c3cc(F)cc(Cl)c3)c2n1. The number of benzene rings is 1. The van der Waals surface area contributed by atoms with Crippen molar-refractivity contribution in [1.82, 2.24) is 14.5 Å². The number of halogens is 3. The van der Waals surface area contributed by atoms with Gasteiger partial charge in [-0.2, -0.15) is 4.98 Å². The lowest BCUT2D eigenvalue weighted by Crippen LogP contribution is -2.01. The Morgan fingerprint density at radius 2 is 2.05 bits per heavy atom. The van der Waals surface area contributed by atoms with E-state index in [-0.39, 0.29) is 10.9 Å². The topological polar surface area (TPSA) is 39.9 Å². The first-order chi connectivity index (χ1) is 10.1. The van der Waals surface area contributed by atoms with Crippen LogP contribution >= 0.6 is 23.2 Å². The number of alkyl halides is 1. The van der Waals surface area contributed by atoms with Crippen LogP contribution in [0, 0.1) is 5.82 Å². The molecule has 3 aromatic rings. The lowest BCUT2D eigenvalue weighted by atomic mass is 10.3. The first-order valence-corrected chi connectivity index (χ1v) is 6.98. The van der Waals surface area contributed by atoms with Crippen molar-refractivity contribution in [2.45, 2.75) is 5.88 Å². The Morgan fingerprint density at radius 1 is 1.24 bits per heavy atom. The van der Waals surface area contributed by atoms with Crippen LogP contribution in [-0.4, -0.2) is 21.6 Å². The van der Waals surface area contributed by atoms with Gasteiger partial charge in [-0.1, -0.05) is 11.6 Å². The normalized spacial score (nSPS) is 11.0. The maximum absolute atomic E-state index is 13.6. The molecule has 0 bridgehead atoms. The molecule has 0 unspecified atom stereocenters. The van der Waals surface area contributed by atoms with Gasteiger partial charge in [0.15, 0.2) is 5.65 Å². The second kappa shape index (κ2) is 5.50. The number of imidazole rings is 1. The number of rotatable bonds is 3. The summed E-state index contributed by atoms with van der Waals surface area (Å²) >= 11 is 11.9. The van der Waals surface area contributed by atoms with E-state index in [0.717, 1.165) is 0 Å². The summed E-state index contributed by atoms with van der Waals surface area (Å²) in [5, 5.41) is 0.287. The molecule has 0 radical (unpaired) electrons. The molecule has 0 atom stereocenters. The molecule has 4 nitrogen and oxygen atoms in total. The zero-order valence-electron chi connectivity index (χ0n) is 11.0. The average Bonchev–Trinajstić information content (AvgIpc) is 2.83. The van der Waals surface area contributed by atoms with Crippen LogP contribution in [-0.2, 0) is 5.88 Å². The Hall–Kier alpha value is -1.85. The van der Waals surface area contributed by atoms with Crippen molar-refractivity contribution in [1.29, 1.82) is 0 Å². The van der Waals surface area contributed by atoms with Crippen LogP contribution in [0.2, 0.25) is 5.02 Å². The molecule has 0 N–H and O–H groups in total. The quantitative estimate of drug-likeness (QED) is 0.684. The van der Waals surface area contributed by atoms with Gasteiger partial charge in [0.25, 0.3) is 0 Å². The predicted octanol–water partition coefficient (Wildman–Crippen LogP) is 3.96. The van der Waals surface area contributed by atoms with Crippen molar-refractivity contribution in [2.75, 3.05) is 7.11 Å². The molecule has 0 aliphatic rings. The van der Waals surface area contributed by atoms with Crippen molar-refractivity contribution in [3.63, 3.8) is 0 Å². The fraction of sp³-hybridized carbons (Fsp3) is 0.143. The van der Waals surface area contributed by atoms with Crippen LogP contribution in [0.15, 0.2) is 30.3 Å². The van der Waals surface area contributed by atoms with Crippen molar-refractivity contribution < 1.29 is 9.13 Å². The molecule has 2 heterocycles. The van der Waals surface area contributed by atoms with E-state index in [9.17, 15) is 4.39 Å². The van der Waals surface area contributed by atoms with E-state index in [1.54, 1.807) is 22.8 Å². The molecular formula is C14H10Cl2FN3O. The third kappa shape index (κ3) is 2.54. The number of fused-ring (bicyclic) bond motifs is 1. The van der Waals surface area contributed by atoms with Gasteiger partial charge >= 0.3 is 0 Å². The fourth-order valence-corrected chi connectivity index (χ4v) is 2.53. The van der Waals surface area contributed by atoms with E-state index in [1.807, 2.05) is 0 Å². The molecule has 21 heavy (non-hydrogen) atoms. The summed E-state index contributed by atoms with van der Waals surface area (Å²) in [5.74, 6) is 0.705. The van der Waals surface area contributed by atoms with Crippen LogP contribution in [0.1, 0.15) is 5.82 Å². The maximum atomic E-state index is 13.6. The van der Waals surface area contributed by atoms with E-state index in [0.29, 0.717) is 28.6 Å². The van der Waals surface area contributed by atoms with E-state index < -0.39 is 5.82 Å². The molecule has 2 aromatic heterocycles. The molecule has 0 aliphatic heterocycles. The van der Waals surface area contributed by atoms with Gasteiger partial charge in [0.1, 0.15) is 17.2 Å². The number of nitrogens with zero attached hydrogens (tertiary/aromatic N) is 3. The van der Waals surface area contributed by atoms with Gasteiger partial charge < -0.3 is 4.74 Å². The highest BCUT2D eigenvalue weighted by atomic mass is 35.5. The average molecular weight is 326 g/mol. The fourth-order valence-electron chi connectivity index (χ4n) is 2.13. The molecule has 0 saturated carbocycles. The minimum absolute atomic E-state index is 0.160. The summed E-state index contributed by atoms with van der Waals surface area (Å²) in [7, 11) is 1.52. The van der Waals surface area contributed by atoms with Crippen molar-refractivity contribution in [3.05, 3.63) is 47.0 Å². The largest absolute Gasteiger partial charge is 0.481 e. The number of hydrogen-bond acceptors (Lipinski definition) is 3. The zero-order chi connectivity index (χ0) is 15.0. The van der Waals surface area contributed by atoms with Crippen LogP contribution in [0.4, 0.5) is 4.39 Å². The van der Waals surface area contributed by atoms with Crippen molar-refractivity contribution in [2.24, 2.45) is 0 Å². The van der Waals surface area contributed by atoms with E-state index in [1.165, 1.54) is 19.2 Å². The smallest absolute Gasteiger partial charge is 0.215 e. The summed E-state index contributed by atoms with van der Waals surface area (Å²) in [6.07, 6.45) is 0. The maximum Gasteiger partial charge on any atom is 0.215 e. The van der Waals surface area contributed by atoms with Gasteiger partial charge in [-0.25, -0.2) is 9.37 Å². The highest BCUT2D eigenvalue weighted by Gasteiger charge is 2.15. The summed E-state index contributed by atoms with van der Waals surface area (Å²) in [4.78, 5) is 8.74. The molecule has 0 saturated heterocycles. The van der Waals surface area contributed by atoms with Crippen molar-refractivity contribution >= 4 is 34.4 Å². The second-order valence-electron chi connectivity index (χ2n) is 4.32. The standard InChI is InChI=1S/C14H10Cl2FN3O/c1-21-13-3-2-11-14(19-13)20(12(7-15)18-11)10-5-8(16)4-9(17)6-10/h2-6H,7H2,1H3. The van der Waals surface area contributed by atoms with E-state index in [4.69, 9.17) is 27.9 Å². The monoisotopic (exact) mass is 325 g/mol. The molecule has 7 heteroatoms. The number of ether oxygens (including phenoxy) is 1. The Bertz CT molecular complexity index is 799. The van der Waals surface area contributed by atoms with Crippen LogP contribution in [0.25, 0.3) is 16.9 Å². The van der Waals surface area contributed by atoms with Gasteiger partial charge in [-0.3, -0.25) is 4.57 Å². The van der Waals surface area contributed by atoms with E-state index in [2.05, 4.69) is 9.97 Å². The first kappa shape index (κ1) is 14.1. The van der Waals surface area contributed by atoms with Gasteiger partial charge in [0, 0.05) is 11.1 Å². The number of hydrogen-bond donors (Lipinski definition) is 0. The van der Waals surface area contributed by atoms with Gasteiger partial charge in [-0.15, -0.1) is 11.6 Å². The molecule has 1 aromatic carbocycles. The third-order valence-corrected chi connectivity index (χ3v) is 3.44. The number of aromatic nitrogens is 3. The third-order valence-electron chi connectivity index (χ3n) is 2.98. The minimum Gasteiger partial charge on any atom is -0.481 e. The lowest BCUT2D eigenvalue weighted by molar-refractivity contribution is 0.399. The second-order valence-corrected chi connectivity index (χ2v) is 5.02. The minimum atomic E-state index is -0.442. The van der Waals surface area contributed by atoms with Crippen molar-refractivity contribution in [3.8, 4) is 11.6 Å². The molecular weight excluding hydrogens is 316 g/mol. The molecule has 0 aliphatic carbocycles. The number of methoxy groups -OCH3 is 1. The van der Waals surface area contributed by atoms with Crippen LogP contribution in [0.3, 0.4) is 0 Å². The highest BCUT2D eigenvalue weighted by Crippen LogP contribution is 2.25. The zero-order valence-corrected chi connectivity index (χ0v) is 12.5. The highest BCUT2D eigenvalue weighted by molar-refractivity contribution is 6.30. The summed E-state index contributed by atoms with van der Waals surface area (Å²) in [6.45, 7) is 0. The molecule has 3 rings (SSSR count). The molecule has 0 spiro atoms. The number of pyridine rings is 1. The first-order valence-electron chi connectivity index (χ1n) is 6.07. The molecule has 108 valence electrons. The Labute approximate surface area is 130 Å². The summed E-state index contributed by atoms with van der Waals surface area (Å²) < 4.78 is 20.4. The summed E-state index contributed by atoms with van der Waals surface area (Å²) in [6, 6.07) is 7.69. The van der Waals surface area contributed by atoms with E-state index >= 15 is 0 Å². The Balaban J connectivity index is 2.32. The molecule has 0 amide bonds. The van der Waals surface area contributed by atoms with Gasteiger partial charge in [0.2, 0.25) is 5.88 Å². The van der Waals surface area contributed by atoms with Crippen LogP contribution < -0.4 is 4.74 Å².